The minimum absolute atomic E-state index is 0.601. The van der Waals surface area contributed by atoms with Crippen LogP contribution in [0.25, 0.3) is 0 Å². The first-order chi connectivity index (χ1) is 7.79. The monoisotopic (exact) mass is 218 g/mol. The van der Waals surface area contributed by atoms with Crippen molar-refractivity contribution in [2.24, 2.45) is 0 Å². The summed E-state index contributed by atoms with van der Waals surface area (Å²) in [5.74, 6) is 0.601. The van der Waals surface area contributed by atoms with E-state index in [9.17, 15) is 0 Å². The number of piperazine rings is 1. The number of hydrogen-bond donors (Lipinski definition) is 2. The van der Waals surface area contributed by atoms with Gasteiger partial charge in [-0.25, -0.2) is 4.98 Å². The van der Waals surface area contributed by atoms with E-state index in [0.29, 0.717) is 17.9 Å². The van der Waals surface area contributed by atoms with Gasteiger partial charge in [0.2, 0.25) is 0 Å². The van der Waals surface area contributed by atoms with Gasteiger partial charge in [0, 0.05) is 37.9 Å². The third-order valence-electron chi connectivity index (χ3n) is 3.55. The predicted octanol–water partition coefficient (Wildman–Crippen LogP) is 0.600. The van der Waals surface area contributed by atoms with Gasteiger partial charge in [0.25, 0.3) is 0 Å². The zero-order chi connectivity index (χ0) is 11.0. The Balaban J connectivity index is 1.64. The Kier molecular flexibility index (Phi) is 2.53. The molecule has 16 heavy (non-hydrogen) atoms. The first-order valence-corrected chi connectivity index (χ1v) is 5.98. The molecule has 0 radical (unpaired) electrons. The molecule has 2 unspecified atom stereocenters. The highest BCUT2D eigenvalue weighted by atomic mass is 15.2. The number of hydrogen-bond acceptors (Lipinski definition) is 4. The molecule has 2 fully saturated rings. The number of nitrogen functional groups attached to an aromatic ring is 1. The van der Waals surface area contributed by atoms with Crippen LogP contribution in [-0.2, 0) is 6.54 Å². The standard InChI is InChI=1S/C12H18N4/c13-12-4-1-9(5-14-12)6-16-7-10-2-3-11(8-16)15-10/h1,4-5,10-11,15H,2-3,6-8H2,(H2,13,14). The third-order valence-corrected chi connectivity index (χ3v) is 3.55. The molecular formula is C12H18N4. The Hall–Kier alpha value is -1.13. The van der Waals surface area contributed by atoms with Gasteiger partial charge < -0.3 is 11.1 Å². The van der Waals surface area contributed by atoms with E-state index in [1.54, 1.807) is 0 Å². The van der Waals surface area contributed by atoms with Crippen LogP contribution in [0, 0.1) is 0 Å². The maximum atomic E-state index is 5.58. The number of rotatable bonds is 2. The fraction of sp³-hybridized carbons (Fsp3) is 0.583. The molecule has 0 saturated carbocycles. The highest BCUT2D eigenvalue weighted by Gasteiger charge is 2.31. The van der Waals surface area contributed by atoms with Crippen molar-refractivity contribution in [2.75, 3.05) is 18.8 Å². The number of nitrogens with two attached hydrogens (primary N) is 1. The molecule has 2 atom stereocenters. The second-order valence-electron chi connectivity index (χ2n) is 4.92. The van der Waals surface area contributed by atoms with Crippen molar-refractivity contribution < 1.29 is 0 Å². The zero-order valence-corrected chi connectivity index (χ0v) is 9.39. The van der Waals surface area contributed by atoms with Gasteiger partial charge in [-0.3, -0.25) is 4.90 Å². The summed E-state index contributed by atoms with van der Waals surface area (Å²) in [6, 6.07) is 5.37. The maximum Gasteiger partial charge on any atom is 0.123 e. The lowest BCUT2D eigenvalue weighted by Gasteiger charge is -2.32. The van der Waals surface area contributed by atoms with Crippen LogP contribution in [0.3, 0.4) is 0 Å². The average Bonchev–Trinajstić information content (AvgIpc) is 2.62. The number of aromatic nitrogens is 1. The van der Waals surface area contributed by atoms with E-state index in [0.717, 1.165) is 6.54 Å². The van der Waals surface area contributed by atoms with Crippen LogP contribution in [0.15, 0.2) is 18.3 Å². The third kappa shape index (κ3) is 2.03. The molecule has 0 amide bonds. The molecule has 2 saturated heterocycles. The van der Waals surface area contributed by atoms with Crippen molar-refractivity contribution in [3.05, 3.63) is 23.9 Å². The summed E-state index contributed by atoms with van der Waals surface area (Å²) in [6.45, 7) is 3.34. The van der Waals surface area contributed by atoms with Gasteiger partial charge in [-0.15, -0.1) is 0 Å². The highest BCUT2D eigenvalue weighted by molar-refractivity contribution is 5.29. The topological polar surface area (TPSA) is 54.2 Å². The number of pyridine rings is 1. The van der Waals surface area contributed by atoms with Gasteiger partial charge in [0.1, 0.15) is 5.82 Å². The van der Waals surface area contributed by atoms with Crippen molar-refractivity contribution in [3.8, 4) is 0 Å². The normalized spacial score (nSPS) is 29.5. The molecule has 4 nitrogen and oxygen atoms in total. The van der Waals surface area contributed by atoms with E-state index in [1.165, 1.54) is 31.5 Å². The minimum atomic E-state index is 0.601. The summed E-state index contributed by atoms with van der Waals surface area (Å²) in [6.07, 6.45) is 4.56. The molecule has 2 aliphatic rings. The largest absolute Gasteiger partial charge is 0.384 e. The highest BCUT2D eigenvalue weighted by Crippen LogP contribution is 2.21. The van der Waals surface area contributed by atoms with Crippen molar-refractivity contribution >= 4 is 5.82 Å². The number of nitrogens with zero attached hydrogens (tertiary/aromatic N) is 2. The molecule has 0 spiro atoms. The van der Waals surface area contributed by atoms with E-state index in [2.05, 4.69) is 21.3 Å². The van der Waals surface area contributed by atoms with Crippen LogP contribution in [0.2, 0.25) is 0 Å². The smallest absolute Gasteiger partial charge is 0.123 e. The fourth-order valence-corrected chi connectivity index (χ4v) is 2.80. The van der Waals surface area contributed by atoms with Crippen LogP contribution in [0.4, 0.5) is 5.82 Å². The van der Waals surface area contributed by atoms with E-state index in [1.807, 2.05) is 12.3 Å². The molecule has 0 aromatic carbocycles. The summed E-state index contributed by atoms with van der Waals surface area (Å²) in [7, 11) is 0. The van der Waals surface area contributed by atoms with Crippen molar-refractivity contribution in [3.63, 3.8) is 0 Å². The Labute approximate surface area is 95.8 Å². The second kappa shape index (κ2) is 4.03. The summed E-state index contributed by atoms with van der Waals surface area (Å²) < 4.78 is 0. The van der Waals surface area contributed by atoms with Crippen molar-refractivity contribution in [1.82, 2.24) is 15.2 Å². The lowest BCUT2D eigenvalue weighted by Crippen LogP contribution is -2.50. The summed E-state index contributed by atoms with van der Waals surface area (Å²) >= 11 is 0. The van der Waals surface area contributed by atoms with Crippen LogP contribution in [-0.4, -0.2) is 35.1 Å². The molecule has 3 rings (SSSR count). The van der Waals surface area contributed by atoms with Crippen LogP contribution in [0.5, 0.6) is 0 Å². The number of likely N-dealkylation sites (tertiary alicyclic amines) is 1. The van der Waals surface area contributed by atoms with Crippen LogP contribution < -0.4 is 11.1 Å². The first-order valence-electron chi connectivity index (χ1n) is 5.98. The van der Waals surface area contributed by atoms with Crippen molar-refractivity contribution in [1.29, 1.82) is 0 Å². The predicted molar refractivity (Wildman–Crippen MR) is 63.9 cm³/mol. The molecule has 1 aromatic heterocycles. The van der Waals surface area contributed by atoms with Crippen molar-refractivity contribution in [2.45, 2.75) is 31.5 Å². The summed E-state index contributed by atoms with van der Waals surface area (Å²) in [5, 5.41) is 3.64. The molecule has 2 bridgehead atoms. The van der Waals surface area contributed by atoms with E-state index >= 15 is 0 Å². The summed E-state index contributed by atoms with van der Waals surface area (Å²) in [5.41, 5.74) is 6.84. The van der Waals surface area contributed by atoms with E-state index in [4.69, 9.17) is 5.73 Å². The maximum absolute atomic E-state index is 5.58. The average molecular weight is 218 g/mol. The second-order valence-corrected chi connectivity index (χ2v) is 4.92. The molecule has 3 heterocycles. The Morgan fingerprint density at radius 3 is 2.69 bits per heavy atom. The molecule has 0 aliphatic carbocycles. The molecule has 4 heteroatoms. The minimum Gasteiger partial charge on any atom is -0.384 e. The Morgan fingerprint density at radius 1 is 1.31 bits per heavy atom. The summed E-state index contributed by atoms with van der Waals surface area (Å²) in [4.78, 5) is 6.65. The number of anilines is 1. The molecule has 1 aromatic rings. The lowest BCUT2D eigenvalue weighted by atomic mass is 10.2. The zero-order valence-electron chi connectivity index (χ0n) is 9.39. The SMILES string of the molecule is Nc1ccc(CN2CC3CCC(C2)N3)cn1. The number of nitrogens with one attached hydrogen (secondary N) is 1. The molecular weight excluding hydrogens is 200 g/mol. The van der Waals surface area contributed by atoms with Crippen LogP contribution in [0.1, 0.15) is 18.4 Å². The fourth-order valence-electron chi connectivity index (χ4n) is 2.80. The number of fused-ring (bicyclic) bond motifs is 2. The van der Waals surface area contributed by atoms with Crippen LogP contribution >= 0.6 is 0 Å². The molecule has 86 valence electrons. The van der Waals surface area contributed by atoms with Gasteiger partial charge in [0.05, 0.1) is 0 Å². The Bertz CT molecular complexity index is 350. The van der Waals surface area contributed by atoms with Gasteiger partial charge in [-0.2, -0.15) is 0 Å². The van der Waals surface area contributed by atoms with Gasteiger partial charge in [-0.05, 0) is 24.5 Å². The van der Waals surface area contributed by atoms with E-state index in [-0.39, 0.29) is 0 Å². The lowest BCUT2D eigenvalue weighted by molar-refractivity contribution is 0.188. The first kappa shape index (κ1) is 10.1. The van der Waals surface area contributed by atoms with Gasteiger partial charge in [0.15, 0.2) is 0 Å². The Morgan fingerprint density at radius 2 is 2.06 bits per heavy atom. The quantitative estimate of drug-likeness (QED) is 0.763. The van der Waals surface area contributed by atoms with Gasteiger partial charge >= 0.3 is 0 Å². The van der Waals surface area contributed by atoms with Gasteiger partial charge in [-0.1, -0.05) is 6.07 Å². The molecule has 2 aliphatic heterocycles. The van der Waals surface area contributed by atoms with E-state index < -0.39 is 0 Å². The molecule has 3 N–H and O–H groups in total.